The van der Waals surface area contributed by atoms with Crippen molar-refractivity contribution in [1.29, 1.82) is 0 Å². The van der Waals surface area contributed by atoms with Crippen molar-refractivity contribution in [3.63, 3.8) is 0 Å². The van der Waals surface area contributed by atoms with Crippen molar-refractivity contribution < 1.29 is 4.79 Å². The number of urea groups is 1. The molecule has 3 aromatic rings. The maximum absolute atomic E-state index is 12.3. The molecule has 3 aromatic heterocycles. The molecule has 0 aliphatic heterocycles. The number of aryl methyl sites for hydroxylation is 3. The van der Waals surface area contributed by atoms with Crippen molar-refractivity contribution in [2.45, 2.75) is 46.5 Å². The molecule has 0 spiro atoms. The number of pyridine rings is 2. The van der Waals surface area contributed by atoms with Crippen LogP contribution in [0.15, 0.2) is 18.2 Å². The Morgan fingerprint density at radius 1 is 1.24 bits per heavy atom. The lowest BCUT2D eigenvalue weighted by molar-refractivity contribution is 0.254. The molecule has 29 heavy (non-hydrogen) atoms. The van der Waals surface area contributed by atoms with E-state index >= 15 is 0 Å². The number of hydrogen-bond acceptors (Lipinski definition) is 5. The van der Waals surface area contributed by atoms with Gasteiger partial charge >= 0.3 is 6.03 Å². The number of nitrogens with zero attached hydrogens (tertiary/aromatic N) is 4. The fourth-order valence-electron chi connectivity index (χ4n) is 3.27. The molecule has 0 radical (unpaired) electrons. The van der Waals surface area contributed by atoms with Gasteiger partial charge in [0.15, 0.2) is 0 Å². The zero-order valence-corrected chi connectivity index (χ0v) is 18.1. The molecule has 0 saturated heterocycles. The second-order valence-electron chi connectivity index (χ2n) is 7.28. The first-order valence-corrected chi connectivity index (χ1v) is 10.00. The van der Waals surface area contributed by atoms with Gasteiger partial charge in [0.25, 0.3) is 0 Å². The van der Waals surface area contributed by atoms with Gasteiger partial charge in [-0.15, -0.1) is 0 Å². The van der Waals surface area contributed by atoms with E-state index in [0.717, 1.165) is 40.8 Å². The summed E-state index contributed by atoms with van der Waals surface area (Å²) in [5.41, 5.74) is 10.7. The van der Waals surface area contributed by atoms with E-state index in [-0.39, 0.29) is 5.92 Å². The lowest BCUT2D eigenvalue weighted by Gasteiger charge is -2.14. The number of rotatable bonds is 6. The van der Waals surface area contributed by atoms with Gasteiger partial charge < -0.3 is 5.32 Å². The van der Waals surface area contributed by atoms with Gasteiger partial charge in [-0.2, -0.15) is 5.10 Å². The average Bonchev–Trinajstić information content (AvgIpc) is 2.93. The van der Waals surface area contributed by atoms with Crippen LogP contribution in [0.5, 0.6) is 0 Å². The summed E-state index contributed by atoms with van der Waals surface area (Å²) in [5.74, 6) is 0.826. The number of nitrogens with one attached hydrogen (secondary N) is 3. The van der Waals surface area contributed by atoms with Crippen LogP contribution in [-0.4, -0.2) is 25.8 Å². The summed E-state index contributed by atoms with van der Waals surface area (Å²) in [4.78, 5) is 21.2. The fraction of sp³-hybridized carbons (Fsp3) is 0.400. The second-order valence-corrected chi connectivity index (χ2v) is 7.67. The van der Waals surface area contributed by atoms with E-state index in [1.807, 2.05) is 30.8 Å². The summed E-state index contributed by atoms with van der Waals surface area (Å²) < 4.78 is 1.85. The number of fused-ring (bicyclic) bond motifs is 1. The van der Waals surface area contributed by atoms with Gasteiger partial charge in [0, 0.05) is 18.4 Å². The summed E-state index contributed by atoms with van der Waals surface area (Å²) in [7, 11) is 1.91. The minimum Gasteiger partial charge on any atom is -0.306 e. The van der Waals surface area contributed by atoms with E-state index in [1.54, 1.807) is 6.07 Å². The quantitative estimate of drug-likeness (QED) is 0.405. The molecule has 0 bridgehead atoms. The Hall–Kier alpha value is -2.87. The van der Waals surface area contributed by atoms with Gasteiger partial charge in [-0.3, -0.25) is 15.5 Å². The number of anilines is 2. The monoisotopic (exact) mass is 415 g/mol. The Kier molecular flexibility index (Phi) is 6.22. The number of halogens is 1. The first kappa shape index (κ1) is 20.9. The Morgan fingerprint density at radius 3 is 2.69 bits per heavy atom. The van der Waals surface area contributed by atoms with Gasteiger partial charge in [0.2, 0.25) is 0 Å². The molecule has 3 rings (SSSR count). The molecule has 0 atom stereocenters. The van der Waals surface area contributed by atoms with Crippen LogP contribution >= 0.6 is 11.6 Å². The molecular formula is C20H26ClN7O. The van der Waals surface area contributed by atoms with Crippen LogP contribution in [-0.2, 0) is 13.5 Å². The van der Waals surface area contributed by atoms with Crippen molar-refractivity contribution in [3.8, 4) is 0 Å². The van der Waals surface area contributed by atoms with Gasteiger partial charge in [-0.25, -0.2) is 14.8 Å². The highest BCUT2D eigenvalue weighted by Crippen LogP contribution is 2.28. The second kappa shape index (κ2) is 8.65. The number of carbonyl (C=O) groups excluding carboxylic acids is 1. The van der Waals surface area contributed by atoms with Crippen molar-refractivity contribution in [1.82, 2.24) is 25.2 Å². The molecule has 3 heterocycles. The minimum atomic E-state index is -0.425. The molecule has 0 saturated carbocycles. The third kappa shape index (κ3) is 4.76. The molecule has 0 aliphatic carbocycles. The SMILES string of the molecule is CCCc1cc(NC(=O)NNc2cc(C(C)C)c3c(n2)c(C)nn3C)cc(Cl)n1. The summed E-state index contributed by atoms with van der Waals surface area (Å²) >= 11 is 6.05. The van der Waals surface area contributed by atoms with Crippen LogP contribution in [0.3, 0.4) is 0 Å². The first-order chi connectivity index (χ1) is 13.8. The van der Waals surface area contributed by atoms with E-state index in [4.69, 9.17) is 11.6 Å². The predicted octanol–water partition coefficient (Wildman–Crippen LogP) is 4.55. The summed E-state index contributed by atoms with van der Waals surface area (Å²) in [6.45, 7) is 8.21. The number of hydrogen-bond donors (Lipinski definition) is 3. The van der Waals surface area contributed by atoms with Crippen molar-refractivity contribution in [3.05, 3.63) is 40.3 Å². The third-order valence-corrected chi connectivity index (χ3v) is 4.72. The maximum atomic E-state index is 12.3. The molecule has 2 amide bonds. The highest BCUT2D eigenvalue weighted by atomic mass is 35.5. The zero-order valence-electron chi connectivity index (χ0n) is 17.3. The number of aromatic nitrogens is 4. The van der Waals surface area contributed by atoms with Crippen LogP contribution in [0.25, 0.3) is 11.0 Å². The number of hydrazine groups is 1. The van der Waals surface area contributed by atoms with Crippen molar-refractivity contribution in [2.24, 2.45) is 7.05 Å². The highest BCUT2D eigenvalue weighted by Gasteiger charge is 2.16. The number of carbonyl (C=O) groups is 1. The van der Waals surface area contributed by atoms with Crippen LogP contribution in [0.2, 0.25) is 5.15 Å². The summed E-state index contributed by atoms with van der Waals surface area (Å²) in [6, 6.07) is 4.93. The molecular weight excluding hydrogens is 390 g/mol. The Labute approximate surface area is 175 Å². The topological polar surface area (TPSA) is 96.8 Å². The van der Waals surface area contributed by atoms with E-state index < -0.39 is 6.03 Å². The van der Waals surface area contributed by atoms with Gasteiger partial charge in [-0.1, -0.05) is 38.8 Å². The molecule has 8 nitrogen and oxygen atoms in total. The Bertz CT molecular complexity index is 1040. The van der Waals surface area contributed by atoms with Crippen LogP contribution in [0.1, 0.15) is 50.1 Å². The van der Waals surface area contributed by atoms with E-state index in [9.17, 15) is 4.79 Å². The van der Waals surface area contributed by atoms with E-state index in [1.165, 1.54) is 0 Å². The normalized spacial score (nSPS) is 11.1. The average molecular weight is 416 g/mol. The lowest BCUT2D eigenvalue weighted by atomic mass is 10.0. The van der Waals surface area contributed by atoms with Crippen LogP contribution in [0, 0.1) is 6.92 Å². The predicted molar refractivity (Wildman–Crippen MR) is 116 cm³/mol. The molecule has 0 aromatic carbocycles. The maximum Gasteiger partial charge on any atom is 0.337 e. The Morgan fingerprint density at radius 2 is 2.00 bits per heavy atom. The Balaban J connectivity index is 1.75. The van der Waals surface area contributed by atoms with Gasteiger partial charge in [-0.05, 0) is 43.0 Å². The largest absolute Gasteiger partial charge is 0.337 e. The molecule has 0 unspecified atom stereocenters. The van der Waals surface area contributed by atoms with Crippen LogP contribution < -0.4 is 16.2 Å². The van der Waals surface area contributed by atoms with E-state index in [0.29, 0.717) is 16.7 Å². The van der Waals surface area contributed by atoms with Crippen molar-refractivity contribution in [2.75, 3.05) is 10.7 Å². The van der Waals surface area contributed by atoms with Gasteiger partial charge in [0.05, 0.1) is 11.2 Å². The summed E-state index contributed by atoms with van der Waals surface area (Å²) in [6.07, 6.45) is 1.74. The minimum absolute atomic E-state index is 0.278. The zero-order chi connectivity index (χ0) is 21.1. The van der Waals surface area contributed by atoms with Crippen molar-refractivity contribution >= 4 is 40.2 Å². The lowest BCUT2D eigenvalue weighted by Crippen LogP contribution is -2.34. The first-order valence-electron chi connectivity index (χ1n) is 9.62. The van der Waals surface area contributed by atoms with Gasteiger partial charge in [0.1, 0.15) is 16.5 Å². The standard InChI is InChI=1S/C20H26ClN7O/c1-6-7-13-8-14(9-16(21)22-13)23-20(29)26-25-17-10-15(11(2)3)19-18(24-17)12(4)27-28(19)5/h8-11H,6-7H2,1-5H3,(H,24,25)(H2,22,23,26,29). The van der Waals surface area contributed by atoms with E-state index in [2.05, 4.69) is 52.0 Å². The molecule has 154 valence electrons. The fourth-order valence-corrected chi connectivity index (χ4v) is 3.49. The third-order valence-electron chi connectivity index (χ3n) is 4.53. The molecule has 0 fully saturated rings. The smallest absolute Gasteiger partial charge is 0.306 e. The van der Waals surface area contributed by atoms with Crippen LogP contribution in [0.4, 0.5) is 16.3 Å². The molecule has 0 aliphatic rings. The highest BCUT2D eigenvalue weighted by molar-refractivity contribution is 6.29. The number of amides is 2. The summed E-state index contributed by atoms with van der Waals surface area (Å²) in [5, 5.41) is 7.57. The molecule has 3 N–H and O–H groups in total. The molecule has 9 heteroatoms.